The molecular formula is C7H17ClN2O. The molecule has 3 nitrogen and oxygen atoms in total. The fourth-order valence-corrected chi connectivity index (χ4v) is 0.566. The maximum atomic E-state index is 10.8. The number of amides is 2. The molecule has 0 fully saturated rings. The van der Waals surface area contributed by atoms with E-state index in [1.54, 1.807) is 0 Å². The monoisotopic (exact) mass is 180 g/mol. The van der Waals surface area contributed by atoms with Gasteiger partial charge >= 0.3 is 6.03 Å². The number of hydrogen-bond acceptors (Lipinski definition) is 1. The smallest absolute Gasteiger partial charge is 0.315 e. The van der Waals surface area contributed by atoms with Crippen molar-refractivity contribution in [3.8, 4) is 0 Å². The van der Waals surface area contributed by atoms with E-state index in [2.05, 4.69) is 10.6 Å². The Bertz CT molecular complexity index is 103. The van der Waals surface area contributed by atoms with E-state index in [1.165, 1.54) is 0 Å². The summed E-state index contributed by atoms with van der Waals surface area (Å²) in [5.74, 6) is 0. The first kappa shape index (κ1) is 13.2. The van der Waals surface area contributed by atoms with Crippen LogP contribution in [0, 0.1) is 0 Å². The zero-order valence-electron chi connectivity index (χ0n) is 7.47. The Balaban J connectivity index is 0. The first-order valence-electron chi connectivity index (χ1n) is 3.59. The fraction of sp³-hybridized carbons (Fsp3) is 0.857. The van der Waals surface area contributed by atoms with Gasteiger partial charge in [0.2, 0.25) is 0 Å². The van der Waals surface area contributed by atoms with Crippen molar-refractivity contribution in [3.05, 3.63) is 0 Å². The van der Waals surface area contributed by atoms with Crippen LogP contribution in [-0.4, -0.2) is 18.1 Å². The summed E-state index contributed by atoms with van der Waals surface area (Å²) in [6, 6.07) is 0.322. The second-order valence-corrected chi connectivity index (χ2v) is 2.93. The van der Waals surface area contributed by atoms with E-state index in [0.29, 0.717) is 0 Å². The molecule has 0 aliphatic heterocycles. The fourth-order valence-electron chi connectivity index (χ4n) is 0.566. The maximum Gasteiger partial charge on any atom is 0.315 e. The third-order valence-corrected chi connectivity index (χ3v) is 0.840. The number of urea groups is 1. The Hall–Kier alpha value is -0.440. The summed E-state index contributed by atoms with van der Waals surface area (Å²) in [4.78, 5) is 10.8. The van der Waals surface area contributed by atoms with Crippen molar-refractivity contribution in [2.45, 2.75) is 39.8 Å². The van der Waals surface area contributed by atoms with E-state index < -0.39 is 0 Å². The third kappa shape index (κ3) is 9.56. The van der Waals surface area contributed by atoms with Crippen LogP contribution in [0.3, 0.4) is 0 Å². The van der Waals surface area contributed by atoms with Crippen LogP contribution < -0.4 is 10.6 Å². The normalized spacial score (nSPS) is 9.27. The van der Waals surface area contributed by atoms with Gasteiger partial charge in [0.1, 0.15) is 0 Å². The minimum atomic E-state index is -0.0926. The summed E-state index contributed by atoms with van der Waals surface area (Å²) in [5.41, 5.74) is 0. The molecule has 0 aromatic carbocycles. The summed E-state index contributed by atoms with van der Waals surface area (Å²) >= 11 is 0. The topological polar surface area (TPSA) is 41.1 Å². The lowest BCUT2D eigenvalue weighted by Gasteiger charge is -2.11. The molecule has 2 amide bonds. The summed E-state index contributed by atoms with van der Waals surface area (Å²) < 4.78 is 0. The number of hydrogen-bond donors (Lipinski definition) is 2. The molecule has 0 radical (unpaired) electrons. The highest BCUT2D eigenvalue weighted by molar-refractivity contribution is 5.85. The lowest BCUT2D eigenvalue weighted by Crippen LogP contribution is -2.42. The van der Waals surface area contributed by atoms with Crippen LogP contribution in [0.25, 0.3) is 0 Å². The number of rotatable bonds is 2. The van der Waals surface area contributed by atoms with Crippen molar-refractivity contribution >= 4 is 18.4 Å². The van der Waals surface area contributed by atoms with E-state index in [1.807, 2.05) is 27.7 Å². The summed E-state index contributed by atoms with van der Waals surface area (Å²) in [5, 5.41) is 5.45. The Morgan fingerprint density at radius 3 is 1.45 bits per heavy atom. The van der Waals surface area contributed by atoms with Crippen molar-refractivity contribution < 1.29 is 4.79 Å². The molecule has 0 aromatic rings. The van der Waals surface area contributed by atoms with Crippen LogP contribution in [0.4, 0.5) is 4.79 Å². The van der Waals surface area contributed by atoms with E-state index in [0.717, 1.165) is 0 Å². The number of halogens is 1. The zero-order chi connectivity index (χ0) is 8.15. The molecule has 0 aliphatic carbocycles. The number of nitrogens with one attached hydrogen (secondary N) is 2. The quantitative estimate of drug-likeness (QED) is 0.665. The Kier molecular flexibility index (Phi) is 7.52. The third-order valence-electron chi connectivity index (χ3n) is 0.840. The largest absolute Gasteiger partial charge is 0.336 e. The molecule has 0 bridgehead atoms. The van der Waals surface area contributed by atoms with Gasteiger partial charge in [-0.1, -0.05) is 0 Å². The first-order chi connectivity index (χ1) is 4.52. The molecule has 0 aliphatic rings. The molecule has 2 N–H and O–H groups in total. The molecular weight excluding hydrogens is 164 g/mol. The Morgan fingerprint density at radius 2 is 1.27 bits per heavy atom. The van der Waals surface area contributed by atoms with Crippen LogP contribution in [0.15, 0.2) is 0 Å². The second-order valence-electron chi connectivity index (χ2n) is 2.93. The highest BCUT2D eigenvalue weighted by atomic mass is 35.5. The molecule has 0 atom stereocenters. The molecule has 0 heterocycles. The standard InChI is InChI=1S/C7H16N2O.ClH/c1-5(2)8-7(10)9-6(3)4;/h5-6H,1-4H3,(H2,8,9,10);1H. The van der Waals surface area contributed by atoms with Gasteiger partial charge in [0.25, 0.3) is 0 Å². The zero-order valence-corrected chi connectivity index (χ0v) is 8.29. The molecule has 0 rings (SSSR count). The molecule has 11 heavy (non-hydrogen) atoms. The van der Waals surface area contributed by atoms with Gasteiger partial charge in [-0.2, -0.15) is 0 Å². The van der Waals surface area contributed by atoms with E-state index in [4.69, 9.17) is 0 Å². The lowest BCUT2D eigenvalue weighted by molar-refractivity contribution is 0.236. The van der Waals surface area contributed by atoms with E-state index >= 15 is 0 Å². The Morgan fingerprint density at radius 1 is 1.00 bits per heavy atom. The van der Waals surface area contributed by atoms with Gasteiger partial charge in [-0.05, 0) is 27.7 Å². The summed E-state index contributed by atoms with van der Waals surface area (Å²) in [6.45, 7) is 7.72. The van der Waals surface area contributed by atoms with Gasteiger partial charge in [0, 0.05) is 12.1 Å². The molecule has 0 spiro atoms. The van der Waals surface area contributed by atoms with Gasteiger partial charge in [-0.15, -0.1) is 12.4 Å². The summed E-state index contributed by atoms with van der Waals surface area (Å²) in [7, 11) is 0. The number of carbonyl (C=O) groups is 1. The van der Waals surface area contributed by atoms with Crippen molar-refractivity contribution in [2.75, 3.05) is 0 Å². The van der Waals surface area contributed by atoms with Gasteiger partial charge < -0.3 is 10.6 Å². The van der Waals surface area contributed by atoms with Crippen LogP contribution in [-0.2, 0) is 0 Å². The SMILES string of the molecule is CC(C)NC(=O)NC(C)C.Cl. The number of carbonyl (C=O) groups excluding carboxylic acids is 1. The predicted molar refractivity (Wildman–Crippen MR) is 49.2 cm³/mol. The van der Waals surface area contributed by atoms with Crippen LogP contribution in [0.2, 0.25) is 0 Å². The molecule has 4 heteroatoms. The van der Waals surface area contributed by atoms with Crippen LogP contribution in [0.1, 0.15) is 27.7 Å². The lowest BCUT2D eigenvalue weighted by atomic mass is 10.4. The predicted octanol–water partition coefficient (Wildman–Crippen LogP) is 1.52. The van der Waals surface area contributed by atoms with Crippen LogP contribution in [0.5, 0.6) is 0 Å². The van der Waals surface area contributed by atoms with Gasteiger partial charge in [-0.25, -0.2) is 4.79 Å². The summed E-state index contributed by atoms with van der Waals surface area (Å²) in [6.07, 6.45) is 0. The highest BCUT2D eigenvalue weighted by Gasteiger charge is 2.02. The molecule has 0 saturated heterocycles. The minimum Gasteiger partial charge on any atom is -0.336 e. The van der Waals surface area contributed by atoms with Crippen LogP contribution >= 0.6 is 12.4 Å². The minimum absolute atomic E-state index is 0. The van der Waals surface area contributed by atoms with E-state index in [-0.39, 0.29) is 30.5 Å². The van der Waals surface area contributed by atoms with Crippen molar-refractivity contribution in [1.82, 2.24) is 10.6 Å². The highest BCUT2D eigenvalue weighted by Crippen LogP contribution is 1.79. The average Bonchev–Trinajstić information content (AvgIpc) is 1.58. The molecule has 0 saturated carbocycles. The van der Waals surface area contributed by atoms with Gasteiger partial charge in [0.05, 0.1) is 0 Å². The van der Waals surface area contributed by atoms with Crippen molar-refractivity contribution in [3.63, 3.8) is 0 Å². The Labute approximate surface area is 74.3 Å². The van der Waals surface area contributed by atoms with Gasteiger partial charge in [0.15, 0.2) is 0 Å². The molecule has 68 valence electrons. The average molecular weight is 181 g/mol. The van der Waals surface area contributed by atoms with Crippen molar-refractivity contribution in [1.29, 1.82) is 0 Å². The van der Waals surface area contributed by atoms with Crippen molar-refractivity contribution in [2.24, 2.45) is 0 Å². The van der Waals surface area contributed by atoms with Gasteiger partial charge in [-0.3, -0.25) is 0 Å². The second kappa shape index (κ2) is 6.28. The maximum absolute atomic E-state index is 10.8. The molecule has 0 unspecified atom stereocenters. The first-order valence-corrected chi connectivity index (χ1v) is 3.59. The molecule has 0 aromatic heterocycles. The van der Waals surface area contributed by atoms with E-state index in [9.17, 15) is 4.79 Å².